The van der Waals surface area contributed by atoms with Crippen LogP contribution in [0.25, 0.3) is 0 Å². The third-order valence-electron chi connectivity index (χ3n) is 3.87. The summed E-state index contributed by atoms with van der Waals surface area (Å²) in [5, 5.41) is 3.57. The molecule has 106 valence electrons. The Morgan fingerprint density at radius 3 is 2.61 bits per heavy atom. The fourth-order valence-electron chi connectivity index (χ4n) is 2.71. The maximum Gasteiger partial charge on any atom is 0.222 e. The summed E-state index contributed by atoms with van der Waals surface area (Å²) in [5.41, 5.74) is 0. The third-order valence-corrected chi connectivity index (χ3v) is 3.87. The summed E-state index contributed by atoms with van der Waals surface area (Å²) >= 11 is 0. The van der Waals surface area contributed by atoms with Crippen LogP contribution >= 0.6 is 0 Å². The molecular formula is C15H30N2O. The molecule has 0 saturated carbocycles. The highest BCUT2D eigenvalue weighted by Gasteiger charge is 2.30. The fourth-order valence-corrected chi connectivity index (χ4v) is 2.71. The highest BCUT2D eigenvalue weighted by molar-refractivity contribution is 5.78. The molecule has 0 aromatic heterocycles. The molecule has 1 fully saturated rings. The number of nitrogens with one attached hydrogen (secondary N) is 1. The molecule has 1 N–H and O–H groups in total. The summed E-state index contributed by atoms with van der Waals surface area (Å²) in [6.07, 6.45) is 4.30. The van der Waals surface area contributed by atoms with Crippen LogP contribution in [-0.4, -0.2) is 36.5 Å². The van der Waals surface area contributed by atoms with Crippen LogP contribution in [0.1, 0.15) is 53.4 Å². The molecule has 0 aromatic rings. The lowest BCUT2D eigenvalue weighted by Gasteiger charge is -2.28. The second kappa shape index (κ2) is 7.78. The highest BCUT2D eigenvalue weighted by Crippen LogP contribution is 2.22. The molecule has 1 heterocycles. The van der Waals surface area contributed by atoms with Gasteiger partial charge in [0.05, 0.1) is 0 Å². The maximum absolute atomic E-state index is 12.0. The monoisotopic (exact) mass is 254 g/mol. The van der Waals surface area contributed by atoms with Gasteiger partial charge in [-0.15, -0.1) is 0 Å². The lowest BCUT2D eigenvalue weighted by atomic mass is 10.0. The number of amides is 1. The molecule has 0 radical (unpaired) electrons. The topological polar surface area (TPSA) is 32.3 Å². The summed E-state index contributed by atoms with van der Waals surface area (Å²) in [4.78, 5) is 14.1. The van der Waals surface area contributed by atoms with Crippen molar-refractivity contribution in [1.29, 1.82) is 0 Å². The highest BCUT2D eigenvalue weighted by atomic mass is 16.2. The molecule has 0 aliphatic carbocycles. The summed E-state index contributed by atoms with van der Waals surface area (Å²) < 4.78 is 0. The molecule has 2 unspecified atom stereocenters. The Morgan fingerprint density at radius 2 is 2.06 bits per heavy atom. The fraction of sp³-hybridized carbons (Fsp3) is 0.933. The van der Waals surface area contributed by atoms with Crippen molar-refractivity contribution in [1.82, 2.24) is 10.2 Å². The van der Waals surface area contributed by atoms with Crippen LogP contribution in [-0.2, 0) is 4.79 Å². The average Bonchev–Trinajstić information content (AvgIpc) is 2.65. The van der Waals surface area contributed by atoms with Crippen LogP contribution in [0.3, 0.4) is 0 Å². The van der Waals surface area contributed by atoms with E-state index in [-0.39, 0.29) is 0 Å². The van der Waals surface area contributed by atoms with E-state index < -0.39 is 0 Å². The Hall–Kier alpha value is -0.570. The van der Waals surface area contributed by atoms with Crippen molar-refractivity contribution in [2.24, 2.45) is 11.8 Å². The van der Waals surface area contributed by atoms with Crippen molar-refractivity contribution in [3.63, 3.8) is 0 Å². The van der Waals surface area contributed by atoms with Gasteiger partial charge in [-0.25, -0.2) is 0 Å². The molecule has 1 aliphatic rings. The molecule has 3 heteroatoms. The Morgan fingerprint density at radius 1 is 1.33 bits per heavy atom. The van der Waals surface area contributed by atoms with Gasteiger partial charge in [0.1, 0.15) is 0 Å². The number of nitrogens with zero attached hydrogens (tertiary/aromatic N) is 1. The first kappa shape index (κ1) is 15.5. The number of hydrogen-bond acceptors (Lipinski definition) is 2. The molecule has 0 spiro atoms. The summed E-state index contributed by atoms with van der Waals surface area (Å²) in [6, 6.07) is 0.439. The van der Waals surface area contributed by atoms with Crippen LogP contribution in [0.4, 0.5) is 0 Å². The molecule has 18 heavy (non-hydrogen) atoms. The maximum atomic E-state index is 12.0. The predicted octanol–water partition coefficient (Wildman–Crippen LogP) is 2.66. The lowest BCUT2D eigenvalue weighted by Crippen LogP contribution is -2.45. The predicted molar refractivity (Wildman–Crippen MR) is 76.5 cm³/mol. The number of carbonyl (C=O) groups excluding carboxylic acids is 1. The van der Waals surface area contributed by atoms with Gasteiger partial charge in [-0.1, -0.05) is 34.1 Å². The number of hydrogen-bond donors (Lipinski definition) is 1. The van der Waals surface area contributed by atoms with E-state index in [2.05, 4.69) is 37.9 Å². The quantitative estimate of drug-likeness (QED) is 0.722. The lowest BCUT2D eigenvalue weighted by molar-refractivity contribution is -0.128. The number of carbonyl (C=O) groups is 1. The van der Waals surface area contributed by atoms with Gasteiger partial charge in [-0.05, 0) is 31.2 Å². The Kier molecular flexibility index (Phi) is 6.69. The second-order valence-corrected chi connectivity index (χ2v) is 5.96. The molecule has 1 aliphatic heterocycles. The molecular weight excluding hydrogens is 224 g/mol. The van der Waals surface area contributed by atoms with Crippen LogP contribution in [0.5, 0.6) is 0 Å². The van der Waals surface area contributed by atoms with E-state index >= 15 is 0 Å². The first-order valence-electron chi connectivity index (χ1n) is 7.59. The van der Waals surface area contributed by atoms with E-state index in [1.54, 1.807) is 0 Å². The number of likely N-dealkylation sites (tertiary alicyclic amines) is 1. The van der Waals surface area contributed by atoms with Crippen LogP contribution in [0, 0.1) is 11.8 Å². The Bertz CT molecular complexity index is 253. The molecule has 2 atom stereocenters. The molecule has 1 saturated heterocycles. The minimum atomic E-state index is 0.359. The Balaban J connectivity index is 2.45. The minimum absolute atomic E-state index is 0.359. The second-order valence-electron chi connectivity index (χ2n) is 5.96. The normalized spacial score (nSPS) is 21.9. The van der Waals surface area contributed by atoms with Crippen molar-refractivity contribution in [2.75, 3.05) is 19.6 Å². The largest absolute Gasteiger partial charge is 0.341 e. The molecule has 0 aromatic carbocycles. The Labute approximate surface area is 112 Å². The van der Waals surface area contributed by atoms with E-state index in [9.17, 15) is 4.79 Å². The zero-order valence-corrected chi connectivity index (χ0v) is 12.5. The summed E-state index contributed by atoms with van der Waals surface area (Å²) in [6.45, 7) is 11.8. The van der Waals surface area contributed by atoms with Gasteiger partial charge in [0.2, 0.25) is 5.91 Å². The van der Waals surface area contributed by atoms with Crippen molar-refractivity contribution >= 4 is 5.91 Å². The van der Waals surface area contributed by atoms with Gasteiger partial charge in [0, 0.05) is 25.6 Å². The van der Waals surface area contributed by atoms with Gasteiger partial charge in [-0.3, -0.25) is 4.79 Å². The van der Waals surface area contributed by atoms with Gasteiger partial charge in [0.15, 0.2) is 0 Å². The van der Waals surface area contributed by atoms with E-state index in [4.69, 9.17) is 0 Å². The van der Waals surface area contributed by atoms with Crippen LogP contribution in [0.15, 0.2) is 0 Å². The zero-order valence-electron chi connectivity index (χ0n) is 12.5. The van der Waals surface area contributed by atoms with E-state index in [0.717, 1.165) is 32.5 Å². The van der Waals surface area contributed by atoms with E-state index in [0.29, 0.717) is 23.8 Å². The molecule has 1 rings (SSSR count). The van der Waals surface area contributed by atoms with Gasteiger partial charge in [-0.2, -0.15) is 0 Å². The summed E-state index contributed by atoms with van der Waals surface area (Å²) in [7, 11) is 0. The average molecular weight is 254 g/mol. The molecule has 0 bridgehead atoms. The van der Waals surface area contributed by atoms with E-state index in [1.165, 1.54) is 12.8 Å². The SMILES string of the molecule is CCCNC(CN1CC(CCC)CC1=O)C(C)C. The van der Waals surface area contributed by atoms with E-state index in [1.807, 2.05) is 0 Å². The van der Waals surface area contributed by atoms with Crippen molar-refractivity contribution < 1.29 is 4.79 Å². The standard InChI is InChI=1S/C15H30N2O/c1-5-7-13-9-15(18)17(10-13)11-14(12(3)4)16-8-6-2/h12-14,16H,5-11H2,1-4H3. The van der Waals surface area contributed by atoms with Crippen molar-refractivity contribution in [2.45, 2.75) is 59.4 Å². The van der Waals surface area contributed by atoms with Crippen LogP contribution in [0.2, 0.25) is 0 Å². The number of rotatable bonds is 8. The van der Waals surface area contributed by atoms with Crippen molar-refractivity contribution in [3.05, 3.63) is 0 Å². The third kappa shape index (κ3) is 4.60. The van der Waals surface area contributed by atoms with Crippen LogP contribution < -0.4 is 5.32 Å². The molecule has 1 amide bonds. The van der Waals surface area contributed by atoms with Gasteiger partial charge >= 0.3 is 0 Å². The van der Waals surface area contributed by atoms with Gasteiger partial charge < -0.3 is 10.2 Å². The summed E-state index contributed by atoms with van der Waals surface area (Å²) in [5.74, 6) is 1.54. The minimum Gasteiger partial charge on any atom is -0.341 e. The molecule has 3 nitrogen and oxygen atoms in total. The van der Waals surface area contributed by atoms with Crippen molar-refractivity contribution in [3.8, 4) is 0 Å². The zero-order chi connectivity index (χ0) is 13.5. The first-order chi connectivity index (χ1) is 8.58. The van der Waals surface area contributed by atoms with Gasteiger partial charge in [0.25, 0.3) is 0 Å². The first-order valence-corrected chi connectivity index (χ1v) is 7.59. The smallest absolute Gasteiger partial charge is 0.222 e.